The summed E-state index contributed by atoms with van der Waals surface area (Å²) in [4.78, 5) is 6.57. The van der Waals surface area contributed by atoms with Crippen LogP contribution in [0.25, 0.3) is 0 Å². The predicted molar refractivity (Wildman–Crippen MR) is 66.0 cm³/mol. The molecule has 2 heterocycles. The molecule has 2 rings (SSSR count). The fourth-order valence-corrected chi connectivity index (χ4v) is 2.63. The summed E-state index contributed by atoms with van der Waals surface area (Å²) in [5.74, 6) is 0.795. The van der Waals surface area contributed by atoms with Crippen molar-refractivity contribution in [3.63, 3.8) is 0 Å². The molecule has 0 aromatic carbocycles. The molecule has 88 valence electrons. The molecule has 0 bridgehead atoms. The fraction of sp³-hybridized carbons (Fsp3) is 0.615. The highest BCUT2D eigenvalue weighted by molar-refractivity contribution is 5.17. The number of hydrogen-bond donors (Lipinski definition) is 1. The minimum absolute atomic E-state index is 0.160. The normalized spacial score (nSPS) is 25.6. The van der Waals surface area contributed by atoms with E-state index < -0.39 is 0 Å². The molecule has 1 aliphatic heterocycles. The van der Waals surface area contributed by atoms with Gasteiger partial charge in [-0.1, -0.05) is 6.92 Å². The van der Waals surface area contributed by atoms with E-state index in [-0.39, 0.29) is 6.04 Å². The largest absolute Gasteiger partial charge is 0.326 e. The highest BCUT2D eigenvalue weighted by Crippen LogP contribution is 2.28. The van der Waals surface area contributed by atoms with Crippen molar-refractivity contribution in [2.24, 2.45) is 11.7 Å². The molecule has 0 aliphatic carbocycles. The van der Waals surface area contributed by atoms with Crippen LogP contribution >= 0.6 is 0 Å². The van der Waals surface area contributed by atoms with E-state index in [2.05, 4.69) is 35.9 Å². The van der Waals surface area contributed by atoms with Crippen LogP contribution in [0.2, 0.25) is 0 Å². The molecule has 3 nitrogen and oxygen atoms in total. The molecule has 3 heteroatoms. The third-order valence-corrected chi connectivity index (χ3v) is 3.39. The summed E-state index contributed by atoms with van der Waals surface area (Å²) >= 11 is 0. The molecule has 2 N–H and O–H groups in total. The van der Waals surface area contributed by atoms with Crippen LogP contribution in [0.5, 0.6) is 0 Å². The third-order valence-electron chi connectivity index (χ3n) is 3.39. The van der Waals surface area contributed by atoms with E-state index in [1.54, 1.807) is 0 Å². The Morgan fingerprint density at radius 1 is 1.44 bits per heavy atom. The number of nitrogens with two attached hydrogens (primary N) is 1. The van der Waals surface area contributed by atoms with E-state index in [1.807, 2.05) is 12.4 Å². The Morgan fingerprint density at radius 3 is 2.62 bits per heavy atom. The van der Waals surface area contributed by atoms with Gasteiger partial charge in [-0.25, -0.2) is 0 Å². The van der Waals surface area contributed by atoms with Gasteiger partial charge in [-0.05, 0) is 43.5 Å². The lowest BCUT2D eigenvalue weighted by Gasteiger charge is -2.31. The number of likely N-dealkylation sites (tertiary alicyclic amines) is 1. The maximum Gasteiger partial charge on any atom is 0.0497 e. The average Bonchev–Trinajstić information content (AvgIpc) is 2.66. The van der Waals surface area contributed by atoms with Crippen LogP contribution in [0.3, 0.4) is 0 Å². The van der Waals surface area contributed by atoms with Crippen molar-refractivity contribution in [2.75, 3.05) is 13.1 Å². The van der Waals surface area contributed by atoms with Crippen molar-refractivity contribution >= 4 is 0 Å². The number of pyridine rings is 1. The molecule has 1 aliphatic rings. The van der Waals surface area contributed by atoms with E-state index in [0.717, 1.165) is 19.0 Å². The van der Waals surface area contributed by atoms with Crippen LogP contribution in [0, 0.1) is 5.92 Å². The first-order valence-electron chi connectivity index (χ1n) is 6.08. The summed E-state index contributed by atoms with van der Waals surface area (Å²) in [6.45, 7) is 6.73. The predicted octanol–water partition coefficient (Wildman–Crippen LogP) is 1.81. The quantitative estimate of drug-likeness (QED) is 0.843. The average molecular weight is 219 g/mol. The zero-order chi connectivity index (χ0) is 11.5. The summed E-state index contributed by atoms with van der Waals surface area (Å²) in [5.41, 5.74) is 7.42. The van der Waals surface area contributed by atoms with Crippen molar-refractivity contribution in [2.45, 2.75) is 32.4 Å². The zero-order valence-corrected chi connectivity index (χ0v) is 10.1. The molecule has 16 heavy (non-hydrogen) atoms. The van der Waals surface area contributed by atoms with E-state index >= 15 is 0 Å². The zero-order valence-electron chi connectivity index (χ0n) is 10.1. The summed E-state index contributed by atoms with van der Waals surface area (Å²) in [6, 6.07) is 4.66. The van der Waals surface area contributed by atoms with Gasteiger partial charge in [0.2, 0.25) is 0 Å². The molecule has 1 saturated heterocycles. The highest BCUT2D eigenvalue weighted by atomic mass is 15.2. The van der Waals surface area contributed by atoms with Crippen LogP contribution in [0.1, 0.15) is 31.9 Å². The van der Waals surface area contributed by atoms with Gasteiger partial charge in [0, 0.05) is 31.0 Å². The number of hydrogen-bond acceptors (Lipinski definition) is 3. The van der Waals surface area contributed by atoms with Gasteiger partial charge in [-0.2, -0.15) is 0 Å². The first-order chi connectivity index (χ1) is 7.68. The maximum absolute atomic E-state index is 6.13. The topological polar surface area (TPSA) is 42.2 Å². The van der Waals surface area contributed by atoms with Crippen LogP contribution in [-0.2, 0) is 0 Å². The summed E-state index contributed by atoms with van der Waals surface area (Å²) < 4.78 is 0. The first-order valence-corrected chi connectivity index (χ1v) is 6.08. The second-order valence-corrected chi connectivity index (χ2v) is 4.97. The van der Waals surface area contributed by atoms with E-state index in [0.29, 0.717) is 6.04 Å². The Morgan fingerprint density at radius 2 is 2.12 bits per heavy atom. The Kier molecular flexibility index (Phi) is 3.56. The molecular formula is C13H21N3. The maximum atomic E-state index is 6.13. The van der Waals surface area contributed by atoms with Crippen molar-refractivity contribution in [3.8, 4) is 0 Å². The third kappa shape index (κ3) is 2.42. The van der Waals surface area contributed by atoms with Crippen molar-refractivity contribution in [3.05, 3.63) is 30.1 Å². The van der Waals surface area contributed by atoms with Crippen LogP contribution in [-0.4, -0.2) is 29.0 Å². The Bertz CT molecular complexity index is 323. The minimum atomic E-state index is 0.160. The van der Waals surface area contributed by atoms with Crippen molar-refractivity contribution in [1.29, 1.82) is 0 Å². The second kappa shape index (κ2) is 4.93. The lowest BCUT2D eigenvalue weighted by molar-refractivity contribution is 0.213. The Balaban J connectivity index is 2.18. The molecule has 1 fully saturated rings. The standard InChI is InChI=1S/C13H21N3/c1-10-5-8-16(9-10)13(11(2)14)12-3-6-15-7-4-12/h3-4,6-7,10-11,13H,5,8-9,14H2,1-2H3. The van der Waals surface area contributed by atoms with Crippen molar-refractivity contribution in [1.82, 2.24) is 9.88 Å². The van der Waals surface area contributed by atoms with Gasteiger partial charge < -0.3 is 5.73 Å². The van der Waals surface area contributed by atoms with E-state index in [1.165, 1.54) is 12.0 Å². The Labute approximate surface area is 97.7 Å². The molecule has 0 spiro atoms. The van der Waals surface area contributed by atoms with Gasteiger partial charge in [0.05, 0.1) is 0 Å². The molecule has 1 aromatic rings. The summed E-state index contributed by atoms with van der Waals surface area (Å²) in [5, 5.41) is 0. The van der Waals surface area contributed by atoms with Gasteiger partial charge in [0.1, 0.15) is 0 Å². The van der Waals surface area contributed by atoms with Gasteiger partial charge in [0.25, 0.3) is 0 Å². The molecule has 0 radical (unpaired) electrons. The number of rotatable bonds is 3. The molecule has 1 aromatic heterocycles. The van der Waals surface area contributed by atoms with E-state index in [4.69, 9.17) is 5.73 Å². The molecular weight excluding hydrogens is 198 g/mol. The van der Waals surface area contributed by atoms with Gasteiger partial charge >= 0.3 is 0 Å². The molecule has 3 unspecified atom stereocenters. The fourth-order valence-electron chi connectivity index (χ4n) is 2.63. The Hall–Kier alpha value is -0.930. The SMILES string of the molecule is CC1CCN(C(c2ccncc2)C(C)N)C1. The summed E-state index contributed by atoms with van der Waals surface area (Å²) in [6.07, 6.45) is 4.99. The van der Waals surface area contributed by atoms with Gasteiger partial charge in [-0.3, -0.25) is 9.88 Å². The minimum Gasteiger partial charge on any atom is -0.326 e. The highest BCUT2D eigenvalue weighted by Gasteiger charge is 2.29. The van der Waals surface area contributed by atoms with E-state index in [9.17, 15) is 0 Å². The smallest absolute Gasteiger partial charge is 0.0497 e. The summed E-state index contributed by atoms with van der Waals surface area (Å²) in [7, 11) is 0. The lowest BCUT2D eigenvalue weighted by atomic mass is 10.0. The monoisotopic (exact) mass is 219 g/mol. The van der Waals surface area contributed by atoms with Crippen LogP contribution in [0.4, 0.5) is 0 Å². The molecule has 3 atom stereocenters. The van der Waals surface area contributed by atoms with Crippen molar-refractivity contribution < 1.29 is 0 Å². The van der Waals surface area contributed by atoms with Crippen LogP contribution < -0.4 is 5.73 Å². The molecule has 0 saturated carbocycles. The van der Waals surface area contributed by atoms with Crippen LogP contribution in [0.15, 0.2) is 24.5 Å². The van der Waals surface area contributed by atoms with Gasteiger partial charge in [0.15, 0.2) is 0 Å². The number of nitrogens with zero attached hydrogens (tertiary/aromatic N) is 2. The number of aromatic nitrogens is 1. The lowest BCUT2D eigenvalue weighted by Crippen LogP contribution is -2.38. The molecule has 0 amide bonds. The first kappa shape index (κ1) is 11.6. The van der Waals surface area contributed by atoms with Gasteiger partial charge in [-0.15, -0.1) is 0 Å². The second-order valence-electron chi connectivity index (χ2n) is 4.97.